The van der Waals surface area contributed by atoms with Gasteiger partial charge in [-0.15, -0.1) is 0 Å². The summed E-state index contributed by atoms with van der Waals surface area (Å²) in [5, 5.41) is 0. The van der Waals surface area contributed by atoms with E-state index in [4.69, 9.17) is 0 Å². The van der Waals surface area contributed by atoms with Gasteiger partial charge < -0.3 is 0 Å². The van der Waals surface area contributed by atoms with E-state index >= 15 is 0 Å². The highest BCUT2D eigenvalue weighted by molar-refractivity contribution is 7.89. The summed E-state index contributed by atoms with van der Waals surface area (Å²) in [7, 11) is -3.80. The second kappa shape index (κ2) is 5.98. The van der Waals surface area contributed by atoms with Gasteiger partial charge in [0, 0.05) is 17.5 Å². The minimum Gasteiger partial charge on any atom is -0.241 e. The molecule has 0 aliphatic heterocycles. The first-order chi connectivity index (χ1) is 10.8. The van der Waals surface area contributed by atoms with Crippen molar-refractivity contribution in [1.82, 2.24) is 14.7 Å². The van der Waals surface area contributed by atoms with Crippen molar-refractivity contribution in [2.75, 3.05) is 0 Å². The predicted molar refractivity (Wildman–Crippen MR) is 83.9 cm³/mol. The summed E-state index contributed by atoms with van der Waals surface area (Å²) >= 11 is 0. The lowest BCUT2D eigenvalue weighted by molar-refractivity contribution is 0.498. The average molecular weight is 335 g/mol. The van der Waals surface area contributed by atoms with Gasteiger partial charge in [-0.3, -0.25) is 0 Å². The third-order valence-electron chi connectivity index (χ3n) is 3.93. The van der Waals surface area contributed by atoms with Crippen molar-refractivity contribution in [2.45, 2.75) is 44.0 Å². The Balaban J connectivity index is 1.93. The van der Waals surface area contributed by atoms with Gasteiger partial charge >= 0.3 is 0 Å². The van der Waals surface area contributed by atoms with Crippen LogP contribution in [-0.4, -0.2) is 18.4 Å². The number of nitrogens with one attached hydrogen (secondary N) is 1. The van der Waals surface area contributed by atoms with Crippen molar-refractivity contribution in [3.8, 4) is 0 Å². The molecule has 5 nitrogen and oxygen atoms in total. The molecule has 1 atom stereocenters. The van der Waals surface area contributed by atoms with E-state index in [0.717, 1.165) is 30.2 Å². The van der Waals surface area contributed by atoms with Crippen molar-refractivity contribution in [1.29, 1.82) is 0 Å². The minimum atomic E-state index is -3.80. The van der Waals surface area contributed by atoms with Gasteiger partial charge in [0.2, 0.25) is 10.0 Å². The van der Waals surface area contributed by atoms with Crippen molar-refractivity contribution in [2.24, 2.45) is 0 Å². The summed E-state index contributed by atoms with van der Waals surface area (Å²) in [6.45, 7) is 3.47. The number of rotatable bonds is 3. The summed E-state index contributed by atoms with van der Waals surface area (Å²) in [6.07, 6.45) is 4.02. The number of halogens is 1. The summed E-state index contributed by atoms with van der Waals surface area (Å²) in [6, 6.07) is 3.41. The van der Waals surface area contributed by atoms with Gasteiger partial charge in [-0.05, 0) is 56.9 Å². The van der Waals surface area contributed by atoms with Crippen LogP contribution < -0.4 is 4.72 Å². The maximum absolute atomic E-state index is 13.5. The van der Waals surface area contributed by atoms with Crippen molar-refractivity contribution in [3.05, 3.63) is 52.9 Å². The number of nitrogens with zero attached hydrogens (tertiary/aromatic N) is 2. The Morgan fingerprint density at radius 2 is 2.04 bits per heavy atom. The predicted octanol–water partition coefficient (Wildman–Crippen LogP) is 2.59. The van der Waals surface area contributed by atoms with Gasteiger partial charge in [0.05, 0.1) is 10.9 Å². The van der Waals surface area contributed by atoms with Crippen LogP contribution in [0, 0.1) is 19.7 Å². The van der Waals surface area contributed by atoms with E-state index in [-0.39, 0.29) is 10.9 Å². The normalized spacial score (nSPS) is 17.8. The average Bonchev–Trinajstić information content (AvgIpc) is 2.45. The molecule has 0 saturated carbocycles. The maximum atomic E-state index is 13.5. The van der Waals surface area contributed by atoms with Crippen LogP contribution in [0.3, 0.4) is 0 Å². The molecule has 0 amide bonds. The first kappa shape index (κ1) is 16.0. The molecule has 1 heterocycles. The molecule has 0 radical (unpaired) electrons. The zero-order valence-electron chi connectivity index (χ0n) is 13.0. The second-order valence-electron chi connectivity index (χ2n) is 5.85. The number of aryl methyl sites for hydroxylation is 3. The Kier molecular flexibility index (Phi) is 4.16. The van der Waals surface area contributed by atoms with Gasteiger partial charge in [-0.2, -0.15) is 0 Å². The molecule has 1 aromatic heterocycles. The molecule has 122 valence electrons. The van der Waals surface area contributed by atoms with Crippen LogP contribution >= 0.6 is 0 Å². The summed E-state index contributed by atoms with van der Waals surface area (Å²) < 4.78 is 41.3. The lowest BCUT2D eigenvalue weighted by atomic mass is 9.93. The minimum absolute atomic E-state index is 0.0600. The molecule has 0 unspecified atom stereocenters. The van der Waals surface area contributed by atoms with Gasteiger partial charge in [0.15, 0.2) is 0 Å². The zero-order valence-corrected chi connectivity index (χ0v) is 13.8. The molecular weight excluding hydrogens is 317 g/mol. The topological polar surface area (TPSA) is 72.0 Å². The number of sulfonamides is 1. The van der Waals surface area contributed by atoms with Crippen LogP contribution in [0.4, 0.5) is 4.39 Å². The Labute approximate surface area is 135 Å². The number of fused-ring (bicyclic) bond motifs is 1. The Morgan fingerprint density at radius 3 is 2.78 bits per heavy atom. The van der Waals surface area contributed by atoms with Crippen LogP contribution in [-0.2, 0) is 16.4 Å². The van der Waals surface area contributed by atoms with E-state index in [1.807, 2.05) is 6.92 Å². The first-order valence-electron chi connectivity index (χ1n) is 7.47. The molecule has 0 spiro atoms. The van der Waals surface area contributed by atoms with E-state index in [0.29, 0.717) is 17.8 Å². The molecule has 1 aromatic carbocycles. The SMILES string of the molecule is Cc1cc(F)cc(S(=O)(=O)N[C@H]2CCCc3nc(C)ncc32)c1. The Bertz CT molecular complexity index is 832. The van der Waals surface area contributed by atoms with Gasteiger partial charge in [-0.25, -0.2) is 27.5 Å². The molecule has 0 bridgehead atoms. The smallest absolute Gasteiger partial charge is 0.241 e. The summed E-state index contributed by atoms with van der Waals surface area (Å²) in [4.78, 5) is 8.50. The van der Waals surface area contributed by atoms with Crippen molar-refractivity contribution < 1.29 is 12.8 Å². The fourth-order valence-corrected chi connectivity index (χ4v) is 4.25. The molecule has 23 heavy (non-hydrogen) atoms. The van der Waals surface area contributed by atoms with Crippen molar-refractivity contribution in [3.63, 3.8) is 0 Å². The molecule has 3 rings (SSSR count). The number of hydrogen-bond acceptors (Lipinski definition) is 4. The van der Waals surface area contributed by atoms with E-state index < -0.39 is 15.8 Å². The van der Waals surface area contributed by atoms with Crippen LogP contribution in [0.5, 0.6) is 0 Å². The first-order valence-corrected chi connectivity index (χ1v) is 8.95. The van der Waals surface area contributed by atoms with E-state index in [2.05, 4.69) is 14.7 Å². The Morgan fingerprint density at radius 1 is 1.26 bits per heavy atom. The van der Waals surface area contributed by atoms with E-state index in [1.54, 1.807) is 13.1 Å². The summed E-state index contributed by atoms with van der Waals surface area (Å²) in [5.74, 6) is 0.112. The lowest BCUT2D eigenvalue weighted by Gasteiger charge is -2.25. The molecule has 2 aromatic rings. The molecule has 1 N–H and O–H groups in total. The fraction of sp³-hybridized carbons (Fsp3) is 0.375. The van der Waals surface area contributed by atoms with E-state index in [9.17, 15) is 12.8 Å². The standard InChI is InChI=1S/C16H18FN3O2S/c1-10-6-12(17)8-13(7-10)23(21,22)20-16-5-3-4-15-14(16)9-18-11(2)19-15/h6-9,16,20H,3-5H2,1-2H3/t16-/m0/s1. The number of aromatic nitrogens is 2. The van der Waals surface area contributed by atoms with Gasteiger partial charge in [-0.1, -0.05) is 0 Å². The highest BCUT2D eigenvalue weighted by atomic mass is 32.2. The molecule has 7 heteroatoms. The van der Waals surface area contributed by atoms with Crippen molar-refractivity contribution >= 4 is 10.0 Å². The molecule has 0 fully saturated rings. The fourth-order valence-electron chi connectivity index (χ4n) is 2.88. The van der Waals surface area contributed by atoms with Crippen LogP contribution in [0.25, 0.3) is 0 Å². The third-order valence-corrected chi connectivity index (χ3v) is 5.38. The quantitative estimate of drug-likeness (QED) is 0.936. The highest BCUT2D eigenvalue weighted by Crippen LogP contribution is 2.29. The number of hydrogen-bond donors (Lipinski definition) is 1. The third kappa shape index (κ3) is 3.40. The molecule has 1 aliphatic rings. The monoisotopic (exact) mass is 335 g/mol. The summed E-state index contributed by atoms with van der Waals surface area (Å²) in [5.41, 5.74) is 2.25. The van der Waals surface area contributed by atoms with Crippen LogP contribution in [0.2, 0.25) is 0 Å². The molecule has 0 saturated heterocycles. The van der Waals surface area contributed by atoms with Gasteiger partial charge in [0.25, 0.3) is 0 Å². The lowest BCUT2D eigenvalue weighted by Crippen LogP contribution is -2.31. The molecule has 1 aliphatic carbocycles. The maximum Gasteiger partial charge on any atom is 0.241 e. The second-order valence-corrected chi connectivity index (χ2v) is 7.56. The van der Waals surface area contributed by atoms with E-state index in [1.165, 1.54) is 12.1 Å². The molecular formula is C16H18FN3O2S. The number of benzene rings is 1. The van der Waals surface area contributed by atoms with Gasteiger partial charge in [0.1, 0.15) is 11.6 Å². The largest absolute Gasteiger partial charge is 0.241 e. The zero-order chi connectivity index (χ0) is 16.6. The Hall–Kier alpha value is -1.86. The highest BCUT2D eigenvalue weighted by Gasteiger charge is 2.27. The van der Waals surface area contributed by atoms with Crippen LogP contribution in [0.1, 0.15) is 41.5 Å². The van der Waals surface area contributed by atoms with Crippen LogP contribution in [0.15, 0.2) is 29.3 Å².